The first-order chi connectivity index (χ1) is 17.3. The van der Waals surface area contributed by atoms with Crippen molar-refractivity contribution in [2.45, 2.75) is 25.7 Å². The van der Waals surface area contributed by atoms with Crippen LogP contribution in [0.1, 0.15) is 44.5 Å². The summed E-state index contributed by atoms with van der Waals surface area (Å²) in [4.78, 5) is 7.33. The van der Waals surface area contributed by atoms with Crippen molar-refractivity contribution in [1.29, 1.82) is 0 Å². The summed E-state index contributed by atoms with van der Waals surface area (Å²) in [6, 6.07) is 29.8. The summed E-state index contributed by atoms with van der Waals surface area (Å²) in [6.07, 6.45) is 5.94. The molecule has 0 saturated carbocycles. The Morgan fingerprint density at radius 1 is 0.543 bits per heavy atom. The molecule has 0 fully saturated rings. The van der Waals surface area contributed by atoms with E-state index in [1.807, 2.05) is 6.20 Å². The molecule has 0 bridgehead atoms. The first kappa shape index (κ1) is 18.2. The van der Waals surface area contributed by atoms with Gasteiger partial charge in [0, 0.05) is 19.0 Å². The van der Waals surface area contributed by atoms with E-state index in [9.17, 15) is 0 Å². The van der Waals surface area contributed by atoms with Gasteiger partial charge in [-0.25, -0.2) is 4.98 Å². The van der Waals surface area contributed by atoms with Gasteiger partial charge in [0.25, 0.3) is 0 Å². The van der Waals surface area contributed by atoms with Crippen molar-refractivity contribution in [3.63, 3.8) is 0 Å². The number of benzene rings is 4. The van der Waals surface area contributed by atoms with Crippen LogP contribution in [0.4, 0.5) is 17.2 Å². The number of fused-ring (bicyclic) bond motifs is 11. The molecule has 1 aromatic heterocycles. The lowest BCUT2D eigenvalue weighted by Crippen LogP contribution is -2.26. The Morgan fingerprint density at radius 2 is 1.29 bits per heavy atom. The summed E-state index contributed by atoms with van der Waals surface area (Å²) in [5, 5.41) is 0. The Bertz CT molecular complexity index is 1760. The smallest absolute Gasteiger partial charge is 0.141 e. The van der Waals surface area contributed by atoms with E-state index in [2.05, 4.69) is 83.8 Å². The van der Waals surface area contributed by atoms with Crippen LogP contribution in [0.3, 0.4) is 0 Å². The summed E-state index contributed by atoms with van der Waals surface area (Å²) >= 11 is 0. The minimum absolute atomic E-state index is 0.957. The van der Waals surface area contributed by atoms with Gasteiger partial charge in [-0.1, -0.05) is 54.6 Å². The standard InChI is InChI=1S/C33H22N2/c1-2-9-26-19(5-1)13-24-18-28-25(17-27(24)26)14-20-10-11-30-29(31(20)28)16-22-7-3-6-21-15-23-8-4-12-34-33(23)35(30)32(21)22/h1-12,17-18H,13-16H2. The second kappa shape index (κ2) is 6.28. The molecular formula is C33H22N2. The first-order valence-electron chi connectivity index (χ1n) is 12.6. The number of pyridine rings is 1. The molecule has 2 nitrogen and oxygen atoms in total. The third-order valence-corrected chi connectivity index (χ3v) is 8.54. The zero-order valence-corrected chi connectivity index (χ0v) is 19.3. The SMILES string of the molecule is c1ccc2c(c1)Cc1cc3c(cc1-2)Cc1ccc2c(c1-3)Cc1cccc3c1N2c1ncccc1C3. The average Bonchev–Trinajstić information content (AvgIpc) is 3.44. The zero-order valence-electron chi connectivity index (χ0n) is 19.3. The molecule has 4 aromatic carbocycles. The molecule has 0 unspecified atom stereocenters. The van der Waals surface area contributed by atoms with Crippen LogP contribution in [0.25, 0.3) is 22.3 Å². The lowest BCUT2D eigenvalue weighted by Gasteiger charge is -2.39. The van der Waals surface area contributed by atoms with Crippen LogP contribution in [0.15, 0.2) is 85.1 Å². The van der Waals surface area contributed by atoms with Gasteiger partial charge >= 0.3 is 0 Å². The van der Waals surface area contributed by atoms with E-state index >= 15 is 0 Å². The van der Waals surface area contributed by atoms with E-state index in [1.54, 1.807) is 0 Å². The van der Waals surface area contributed by atoms with Crippen LogP contribution in [0, 0.1) is 0 Å². The molecule has 0 spiro atoms. The van der Waals surface area contributed by atoms with E-state index in [0.29, 0.717) is 0 Å². The predicted octanol–water partition coefficient (Wildman–Crippen LogP) is 7.50. The molecule has 0 N–H and O–H groups in total. The lowest BCUT2D eigenvalue weighted by atomic mass is 9.84. The van der Waals surface area contributed by atoms with Gasteiger partial charge in [0.2, 0.25) is 0 Å². The highest BCUT2D eigenvalue weighted by Gasteiger charge is 2.36. The van der Waals surface area contributed by atoms with Gasteiger partial charge in [-0.05, 0) is 104 Å². The molecular weight excluding hydrogens is 424 g/mol. The summed E-state index contributed by atoms with van der Waals surface area (Å²) in [5.41, 5.74) is 19.9. The maximum atomic E-state index is 4.88. The Hall–Kier alpha value is -4.17. The van der Waals surface area contributed by atoms with Gasteiger partial charge in [-0.2, -0.15) is 0 Å². The number of rotatable bonds is 0. The fraction of sp³-hybridized carbons (Fsp3) is 0.121. The fourth-order valence-electron chi connectivity index (χ4n) is 7.09. The first-order valence-corrected chi connectivity index (χ1v) is 12.6. The molecule has 2 heteroatoms. The monoisotopic (exact) mass is 446 g/mol. The Morgan fingerprint density at radius 3 is 2.26 bits per heavy atom. The van der Waals surface area contributed by atoms with Gasteiger partial charge in [-0.15, -0.1) is 0 Å². The molecule has 4 aliphatic rings. The number of para-hydroxylation sites is 1. The highest BCUT2D eigenvalue weighted by atomic mass is 15.2. The van der Waals surface area contributed by atoms with Crippen molar-refractivity contribution in [2.75, 3.05) is 4.90 Å². The molecule has 0 saturated heterocycles. The van der Waals surface area contributed by atoms with Crippen molar-refractivity contribution >= 4 is 17.2 Å². The molecule has 9 rings (SSSR count). The topological polar surface area (TPSA) is 16.1 Å². The predicted molar refractivity (Wildman–Crippen MR) is 141 cm³/mol. The van der Waals surface area contributed by atoms with Gasteiger partial charge < -0.3 is 0 Å². The molecule has 0 amide bonds. The number of anilines is 3. The van der Waals surface area contributed by atoms with Crippen LogP contribution >= 0.6 is 0 Å². The zero-order chi connectivity index (χ0) is 22.7. The van der Waals surface area contributed by atoms with E-state index in [1.165, 1.54) is 78.1 Å². The fourth-order valence-corrected chi connectivity index (χ4v) is 7.09. The Kier molecular flexibility index (Phi) is 3.27. The molecule has 5 aromatic rings. The molecule has 0 atom stereocenters. The maximum Gasteiger partial charge on any atom is 0.141 e. The number of aromatic nitrogens is 1. The van der Waals surface area contributed by atoms with E-state index in [4.69, 9.17) is 4.98 Å². The van der Waals surface area contributed by atoms with E-state index in [0.717, 1.165) is 31.5 Å². The van der Waals surface area contributed by atoms with Crippen molar-refractivity contribution < 1.29 is 0 Å². The highest BCUT2D eigenvalue weighted by Crippen LogP contribution is 2.54. The normalized spacial score (nSPS) is 14.9. The molecule has 2 aliphatic heterocycles. The second-order valence-corrected chi connectivity index (χ2v) is 10.4. The summed E-state index contributed by atoms with van der Waals surface area (Å²) in [6.45, 7) is 0. The van der Waals surface area contributed by atoms with Crippen LogP contribution in [-0.4, -0.2) is 4.98 Å². The van der Waals surface area contributed by atoms with E-state index in [-0.39, 0.29) is 0 Å². The molecule has 3 heterocycles. The van der Waals surface area contributed by atoms with Crippen LogP contribution in [0.2, 0.25) is 0 Å². The quantitative estimate of drug-likeness (QED) is 0.240. The number of hydrogen-bond donors (Lipinski definition) is 0. The minimum Gasteiger partial charge on any atom is -0.294 e. The van der Waals surface area contributed by atoms with E-state index < -0.39 is 0 Å². The molecule has 0 radical (unpaired) electrons. The third kappa shape index (κ3) is 2.27. The maximum absolute atomic E-state index is 4.88. The molecule has 35 heavy (non-hydrogen) atoms. The highest BCUT2D eigenvalue weighted by molar-refractivity contribution is 5.95. The number of nitrogens with zero attached hydrogens (tertiary/aromatic N) is 2. The van der Waals surface area contributed by atoms with Crippen LogP contribution in [-0.2, 0) is 25.7 Å². The number of hydrogen-bond acceptors (Lipinski definition) is 2. The molecule has 2 aliphatic carbocycles. The van der Waals surface area contributed by atoms with Gasteiger partial charge in [-0.3, -0.25) is 4.90 Å². The average molecular weight is 447 g/mol. The summed E-state index contributed by atoms with van der Waals surface area (Å²) in [5.74, 6) is 1.09. The van der Waals surface area contributed by atoms with Crippen molar-refractivity contribution in [3.05, 3.63) is 130 Å². The van der Waals surface area contributed by atoms with Gasteiger partial charge in [0.05, 0.1) is 11.4 Å². The van der Waals surface area contributed by atoms with Crippen molar-refractivity contribution in [1.82, 2.24) is 4.98 Å². The van der Waals surface area contributed by atoms with Crippen LogP contribution in [0.5, 0.6) is 0 Å². The molecule has 164 valence electrons. The largest absolute Gasteiger partial charge is 0.294 e. The lowest BCUT2D eigenvalue weighted by molar-refractivity contribution is 0.981. The third-order valence-electron chi connectivity index (χ3n) is 8.54. The van der Waals surface area contributed by atoms with Crippen molar-refractivity contribution in [2.24, 2.45) is 0 Å². The summed E-state index contributed by atoms with van der Waals surface area (Å²) in [7, 11) is 0. The second-order valence-electron chi connectivity index (χ2n) is 10.4. The van der Waals surface area contributed by atoms with Crippen molar-refractivity contribution in [3.8, 4) is 22.3 Å². The Balaban J connectivity index is 1.28. The minimum atomic E-state index is 0.957. The Labute approximate surface area is 204 Å². The van der Waals surface area contributed by atoms with Gasteiger partial charge in [0.1, 0.15) is 5.82 Å². The van der Waals surface area contributed by atoms with Gasteiger partial charge in [0.15, 0.2) is 0 Å². The summed E-state index contributed by atoms with van der Waals surface area (Å²) < 4.78 is 0. The van der Waals surface area contributed by atoms with Crippen LogP contribution < -0.4 is 4.90 Å².